The highest BCUT2D eigenvalue weighted by Crippen LogP contribution is 2.22. The number of carbonyl (C=O) groups excluding carboxylic acids is 1. The number of rotatable bonds is 2. The van der Waals surface area contributed by atoms with Crippen molar-refractivity contribution in [3.8, 4) is 0 Å². The van der Waals surface area contributed by atoms with Gasteiger partial charge in [-0.2, -0.15) is 0 Å². The first-order valence-electron chi connectivity index (χ1n) is 7.68. The highest BCUT2D eigenvalue weighted by Gasteiger charge is 2.15. The molecule has 122 valence electrons. The topological polar surface area (TPSA) is 54.3 Å². The first-order valence-corrected chi connectivity index (χ1v) is 7.68. The molecule has 0 spiro atoms. The number of benzene rings is 2. The van der Waals surface area contributed by atoms with Gasteiger partial charge in [0.1, 0.15) is 0 Å². The van der Waals surface area contributed by atoms with Crippen LogP contribution in [0.4, 0.5) is 16.2 Å². The van der Waals surface area contributed by atoms with Gasteiger partial charge in [0, 0.05) is 36.8 Å². The van der Waals surface area contributed by atoms with E-state index in [-0.39, 0.29) is 11.6 Å². The molecule has 2 amide bonds. The predicted molar refractivity (Wildman–Crippen MR) is 97.8 cm³/mol. The third kappa shape index (κ3) is 2.76. The van der Waals surface area contributed by atoms with Crippen LogP contribution in [0.25, 0.3) is 10.8 Å². The van der Waals surface area contributed by atoms with E-state index in [1.54, 1.807) is 31.3 Å². The van der Waals surface area contributed by atoms with Crippen LogP contribution in [0.1, 0.15) is 5.56 Å². The summed E-state index contributed by atoms with van der Waals surface area (Å²) in [6.45, 7) is 1.96. The Balaban J connectivity index is 1.98. The molecule has 0 aliphatic heterocycles. The molecule has 0 radical (unpaired) electrons. The van der Waals surface area contributed by atoms with Crippen molar-refractivity contribution in [1.29, 1.82) is 0 Å². The minimum atomic E-state index is -0.256. The number of fused-ring (bicyclic) bond motifs is 1. The molecular formula is C19H19N3O2. The minimum absolute atomic E-state index is 0.0872. The molecule has 0 fully saturated rings. The lowest BCUT2D eigenvalue weighted by Gasteiger charge is -2.21. The van der Waals surface area contributed by atoms with Crippen molar-refractivity contribution in [2.75, 3.05) is 17.3 Å². The first kappa shape index (κ1) is 15.8. The molecule has 0 unspecified atom stereocenters. The molecule has 0 aliphatic rings. The lowest BCUT2D eigenvalue weighted by Crippen LogP contribution is -2.32. The smallest absolute Gasteiger partial charge is 0.316 e. The predicted octanol–water partition coefficient (Wildman–Crippen LogP) is 3.52. The molecule has 3 aromatic rings. The number of hydrogen-bond donors (Lipinski definition) is 1. The Morgan fingerprint density at radius 1 is 1.04 bits per heavy atom. The van der Waals surface area contributed by atoms with Gasteiger partial charge in [-0.25, -0.2) is 4.79 Å². The highest BCUT2D eigenvalue weighted by atomic mass is 16.2. The standard InChI is InChI=1S/C19H19N3O2/c1-13-8-4-7-11-17(13)22(3)19(24)20-16-12-21(2)18(23)15-10-6-5-9-14(15)16/h4-12H,1-3H3,(H,20,24). The number of para-hydroxylation sites is 1. The minimum Gasteiger partial charge on any atom is -0.316 e. The summed E-state index contributed by atoms with van der Waals surface area (Å²) in [7, 11) is 3.40. The zero-order valence-corrected chi connectivity index (χ0v) is 13.9. The van der Waals surface area contributed by atoms with E-state index in [9.17, 15) is 9.59 Å². The number of carbonyl (C=O) groups is 1. The Kier molecular flexibility index (Phi) is 4.08. The van der Waals surface area contributed by atoms with Crippen molar-refractivity contribution in [1.82, 2.24) is 4.57 Å². The molecule has 1 heterocycles. The summed E-state index contributed by atoms with van der Waals surface area (Å²) in [6.07, 6.45) is 1.65. The van der Waals surface area contributed by atoms with Crippen molar-refractivity contribution in [2.24, 2.45) is 7.05 Å². The van der Waals surface area contributed by atoms with Gasteiger partial charge < -0.3 is 9.88 Å². The SMILES string of the molecule is Cc1ccccc1N(C)C(=O)Nc1cn(C)c(=O)c2ccccc12. The van der Waals surface area contributed by atoms with Gasteiger partial charge in [-0.3, -0.25) is 9.69 Å². The van der Waals surface area contributed by atoms with Crippen molar-refractivity contribution in [3.05, 3.63) is 70.6 Å². The second kappa shape index (κ2) is 6.20. The number of urea groups is 1. The maximum Gasteiger partial charge on any atom is 0.326 e. The lowest BCUT2D eigenvalue weighted by molar-refractivity contribution is 0.258. The van der Waals surface area contributed by atoms with Crippen LogP contribution >= 0.6 is 0 Å². The highest BCUT2D eigenvalue weighted by molar-refractivity contribution is 6.06. The van der Waals surface area contributed by atoms with Gasteiger partial charge in [0.05, 0.1) is 5.69 Å². The van der Waals surface area contributed by atoms with E-state index in [1.165, 1.54) is 4.57 Å². The van der Waals surface area contributed by atoms with Gasteiger partial charge in [-0.15, -0.1) is 0 Å². The molecular weight excluding hydrogens is 302 g/mol. The fourth-order valence-corrected chi connectivity index (χ4v) is 2.76. The van der Waals surface area contributed by atoms with Crippen molar-refractivity contribution >= 4 is 28.2 Å². The number of nitrogens with zero attached hydrogens (tertiary/aromatic N) is 2. The average molecular weight is 321 g/mol. The van der Waals surface area contributed by atoms with Gasteiger partial charge in [0.2, 0.25) is 0 Å². The quantitative estimate of drug-likeness (QED) is 0.785. The summed E-state index contributed by atoms with van der Waals surface area (Å²) in [5, 5.41) is 4.21. The zero-order chi connectivity index (χ0) is 17.3. The number of pyridine rings is 1. The largest absolute Gasteiger partial charge is 0.326 e. The Labute approximate surface area is 140 Å². The number of nitrogens with one attached hydrogen (secondary N) is 1. The molecule has 3 rings (SSSR count). The normalized spacial score (nSPS) is 10.6. The Hall–Kier alpha value is -3.08. The molecule has 1 aromatic heterocycles. The zero-order valence-electron chi connectivity index (χ0n) is 13.9. The Morgan fingerprint density at radius 3 is 2.38 bits per heavy atom. The molecule has 0 bridgehead atoms. The van der Waals surface area contributed by atoms with Crippen LogP contribution in [0.15, 0.2) is 59.5 Å². The van der Waals surface area contributed by atoms with E-state index in [0.717, 1.165) is 16.6 Å². The van der Waals surface area contributed by atoms with Crippen LogP contribution in [0.5, 0.6) is 0 Å². The third-order valence-corrected chi connectivity index (χ3v) is 4.11. The van der Waals surface area contributed by atoms with Crippen molar-refractivity contribution in [2.45, 2.75) is 6.92 Å². The van der Waals surface area contributed by atoms with Gasteiger partial charge in [-0.05, 0) is 24.6 Å². The van der Waals surface area contributed by atoms with Crippen LogP contribution in [0, 0.1) is 6.92 Å². The maximum absolute atomic E-state index is 12.6. The van der Waals surface area contributed by atoms with E-state index in [4.69, 9.17) is 0 Å². The van der Waals surface area contributed by atoms with Crippen LogP contribution in [0.2, 0.25) is 0 Å². The number of anilines is 2. The molecule has 5 heteroatoms. The number of hydrogen-bond acceptors (Lipinski definition) is 2. The third-order valence-electron chi connectivity index (χ3n) is 4.11. The monoisotopic (exact) mass is 321 g/mol. The van der Waals surface area contributed by atoms with E-state index in [2.05, 4.69) is 5.32 Å². The van der Waals surface area contributed by atoms with Crippen molar-refractivity contribution < 1.29 is 4.79 Å². The molecule has 0 saturated carbocycles. The van der Waals surface area contributed by atoms with Gasteiger partial charge in [0.15, 0.2) is 0 Å². The first-order chi connectivity index (χ1) is 11.5. The number of aromatic nitrogens is 1. The lowest BCUT2D eigenvalue weighted by atomic mass is 10.1. The summed E-state index contributed by atoms with van der Waals surface area (Å²) in [4.78, 5) is 26.4. The summed E-state index contributed by atoms with van der Waals surface area (Å²) < 4.78 is 1.48. The van der Waals surface area contributed by atoms with E-state index >= 15 is 0 Å². The Morgan fingerprint density at radius 2 is 1.67 bits per heavy atom. The summed E-state index contributed by atoms with van der Waals surface area (Å²) in [5.41, 5.74) is 2.37. The molecule has 0 aliphatic carbocycles. The second-order valence-electron chi connectivity index (χ2n) is 5.78. The van der Waals surface area contributed by atoms with E-state index < -0.39 is 0 Å². The van der Waals surface area contributed by atoms with Crippen LogP contribution in [0.3, 0.4) is 0 Å². The molecule has 5 nitrogen and oxygen atoms in total. The molecule has 24 heavy (non-hydrogen) atoms. The van der Waals surface area contributed by atoms with Crippen LogP contribution in [-0.4, -0.2) is 17.6 Å². The fraction of sp³-hybridized carbons (Fsp3) is 0.158. The molecule has 0 saturated heterocycles. The molecule has 0 atom stereocenters. The van der Waals surface area contributed by atoms with Crippen LogP contribution in [-0.2, 0) is 7.05 Å². The molecule has 2 aromatic carbocycles. The maximum atomic E-state index is 12.6. The number of aryl methyl sites for hydroxylation is 2. The second-order valence-corrected chi connectivity index (χ2v) is 5.78. The average Bonchev–Trinajstić information content (AvgIpc) is 2.59. The number of amides is 2. The van der Waals surface area contributed by atoms with Gasteiger partial charge in [0.25, 0.3) is 5.56 Å². The summed E-state index contributed by atoms with van der Waals surface area (Å²) in [5.74, 6) is 0. The van der Waals surface area contributed by atoms with Gasteiger partial charge >= 0.3 is 6.03 Å². The fourth-order valence-electron chi connectivity index (χ4n) is 2.76. The summed E-state index contributed by atoms with van der Waals surface area (Å²) in [6, 6.07) is 14.7. The Bertz CT molecular complexity index is 976. The molecule has 1 N–H and O–H groups in total. The summed E-state index contributed by atoms with van der Waals surface area (Å²) >= 11 is 0. The van der Waals surface area contributed by atoms with Gasteiger partial charge in [-0.1, -0.05) is 36.4 Å². The van der Waals surface area contributed by atoms with E-state index in [1.807, 2.05) is 49.4 Å². The van der Waals surface area contributed by atoms with Crippen LogP contribution < -0.4 is 15.8 Å². The van der Waals surface area contributed by atoms with Crippen molar-refractivity contribution in [3.63, 3.8) is 0 Å². The van der Waals surface area contributed by atoms with E-state index in [0.29, 0.717) is 11.1 Å².